The highest BCUT2D eigenvalue weighted by Crippen LogP contribution is 2.41. The fourth-order valence-electron chi connectivity index (χ4n) is 2.85. The first kappa shape index (κ1) is 14.9. The lowest BCUT2D eigenvalue weighted by atomic mass is 9.92. The van der Waals surface area contributed by atoms with E-state index >= 15 is 0 Å². The Labute approximate surface area is 130 Å². The van der Waals surface area contributed by atoms with Crippen LogP contribution in [0.25, 0.3) is 0 Å². The van der Waals surface area contributed by atoms with Crippen molar-refractivity contribution in [1.82, 2.24) is 0 Å². The van der Waals surface area contributed by atoms with E-state index in [9.17, 15) is 18.8 Å². The van der Waals surface area contributed by atoms with Crippen molar-refractivity contribution < 1.29 is 23.5 Å². The van der Waals surface area contributed by atoms with Crippen molar-refractivity contribution in [1.29, 1.82) is 0 Å². The standard InChI is InChI=1S/C14H12ClFN2O4/c15-7-5-9-6(4-8(7)16)11(13(20)18(9)14(17)21)12(19)10-2-1-3-22-10/h4-5,10-11H,1-3H2,(H2,17,21). The number of Topliss-reactive ketones (excluding diaryl/α,β-unsaturated/α-hetero) is 1. The molecule has 8 heteroatoms. The summed E-state index contributed by atoms with van der Waals surface area (Å²) in [7, 11) is 0. The summed E-state index contributed by atoms with van der Waals surface area (Å²) in [4.78, 5) is 37.1. The largest absolute Gasteiger partial charge is 0.370 e. The number of ether oxygens (including phenoxy) is 1. The number of ketones is 1. The minimum Gasteiger partial charge on any atom is -0.370 e. The number of nitrogens with zero attached hydrogens (tertiary/aromatic N) is 1. The molecule has 2 heterocycles. The van der Waals surface area contributed by atoms with Gasteiger partial charge in [0, 0.05) is 6.61 Å². The topological polar surface area (TPSA) is 89.7 Å². The minimum absolute atomic E-state index is 0.0419. The third-order valence-electron chi connectivity index (χ3n) is 3.84. The molecule has 0 radical (unpaired) electrons. The van der Waals surface area contributed by atoms with E-state index in [-0.39, 0.29) is 16.3 Å². The Hall–Kier alpha value is -1.99. The summed E-state index contributed by atoms with van der Waals surface area (Å²) in [6.45, 7) is 0.429. The number of imide groups is 1. The summed E-state index contributed by atoms with van der Waals surface area (Å²) in [5.74, 6) is -3.36. The van der Waals surface area contributed by atoms with Gasteiger partial charge >= 0.3 is 6.03 Å². The normalized spacial score (nSPS) is 23.7. The third-order valence-corrected chi connectivity index (χ3v) is 4.13. The molecule has 3 rings (SSSR count). The van der Waals surface area contributed by atoms with E-state index in [0.717, 1.165) is 12.1 Å². The van der Waals surface area contributed by atoms with Gasteiger partial charge in [-0.25, -0.2) is 14.1 Å². The molecule has 1 fully saturated rings. The Bertz CT molecular complexity index is 688. The molecule has 22 heavy (non-hydrogen) atoms. The van der Waals surface area contributed by atoms with E-state index in [2.05, 4.69) is 0 Å². The van der Waals surface area contributed by atoms with Crippen LogP contribution < -0.4 is 10.6 Å². The summed E-state index contributed by atoms with van der Waals surface area (Å²) < 4.78 is 19.0. The van der Waals surface area contributed by atoms with Gasteiger partial charge in [0.15, 0.2) is 5.78 Å². The number of benzene rings is 1. The molecule has 2 aliphatic heterocycles. The zero-order chi connectivity index (χ0) is 16.0. The second kappa shape index (κ2) is 5.33. The zero-order valence-corrected chi connectivity index (χ0v) is 12.1. The van der Waals surface area contributed by atoms with Crippen molar-refractivity contribution in [3.8, 4) is 0 Å². The number of carbonyl (C=O) groups excluding carboxylic acids is 3. The highest BCUT2D eigenvalue weighted by Gasteiger charge is 2.47. The average Bonchev–Trinajstić information content (AvgIpc) is 3.05. The van der Waals surface area contributed by atoms with Crippen molar-refractivity contribution in [3.05, 3.63) is 28.5 Å². The van der Waals surface area contributed by atoms with Crippen LogP contribution in [0.3, 0.4) is 0 Å². The van der Waals surface area contributed by atoms with Gasteiger partial charge in [-0.2, -0.15) is 0 Å². The van der Waals surface area contributed by atoms with Crippen molar-refractivity contribution in [2.75, 3.05) is 11.5 Å². The van der Waals surface area contributed by atoms with Gasteiger partial charge in [0.25, 0.3) is 0 Å². The summed E-state index contributed by atoms with van der Waals surface area (Å²) in [5, 5.41) is -0.261. The molecule has 2 unspecified atom stereocenters. The van der Waals surface area contributed by atoms with Crippen molar-refractivity contribution in [2.24, 2.45) is 5.73 Å². The Morgan fingerprint density at radius 3 is 2.73 bits per heavy atom. The number of anilines is 1. The van der Waals surface area contributed by atoms with Gasteiger partial charge in [0.05, 0.1) is 10.7 Å². The number of carbonyl (C=O) groups is 3. The smallest absolute Gasteiger partial charge is 0.326 e. The molecule has 0 saturated carbocycles. The van der Waals surface area contributed by atoms with Crippen LogP contribution in [0.1, 0.15) is 24.3 Å². The van der Waals surface area contributed by atoms with Crippen molar-refractivity contribution >= 4 is 35.0 Å². The number of urea groups is 1. The van der Waals surface area contributed by atoms with Gasteiger partial charge in [-0.1, -0.05) is 11.6 Å². The first-order valence-corrected chi connectivity index (χ1v) is 7.07. The fourth-order valence-corrected chi connectivity index (χ4v) is 3.01. The predicted octanol–water partition coefficient (Wildman–Crippen LogP) is 1.74. The van der Waals surface area contributed by atoms with Crippen LogP contribution in [0.2, 0.25) is 5.02 Å². The monoisotopic (exact) mass is 326 g/mol. The summed E-state index contributed by atoms with van der Waals surface area (Å²) in [6, 6.07) is 1.07. The fraction of sp³-hybridized carbons (Fsp3) is 0.357. The number of hydrogen-bond donors (Lipinski definition) is 1. The van der Waals surface area contributed by atoms with Crippen LogP contribution in [0.5, 0.6) is 0 Å². The highest BCUT2D eigenvalue weighted by molar-refractivity contribution is 6.33. The predicted molar refractivity (Wildman–Crippen MR) is 75.2 cm³/mol. The quantitative estimate of drug-likeness (QED) is 0.838. The molecule has 1 aromatic rings. The Morgan fingerprint density at radius 1 is 1.41 bits per heavy atom. The van der Waals surface area contributed by atoms with Crippen molar-refractivity contribution in [3.63, 3.8) is 0 Å². The third kappa shape index (κ3) is 2.17. The lowest BCUT2D eigenvalue weighted by Crippen LogP contribution is -2.41. The number of amides is 3. The molecule has 2 atom stereocenters. The molecule has 0 aliphatic carbocycles. The molecular weight excluding hydrogens is 315 g/mol. The van der Waals surface area contributed by atoms with Crippen molar-refractivity contribution in [2.45, 2.75) is 24.9 Å². The molecule has 6 nitrogen and oxygen atoms in total. The van der Waals surface area contributed by atoms with E-state index in [1.54, 1.807) is 0 Å². The van der Waals surface area contributed by atoms with Gasteiger partial charge in [0.1, 0.15) is 17.8 Å². The number of rotatable bonds is 2. The molecule has 2 aliphatic rings. The van der Waals surface area contributed by atoms with Crippen LogP contribution in [-0.4, -0.2) is 30.4 Å². The van der Waals surface area contributed by atoms with Crippen LogP contribution in [0.15, 0.2) is 12.1 Å². The SMILES string of the molecule is NC(=O)N1C(=O)C(C(=O)C2CCCO2)c2cc(F)c(Cl)cc21. The Kier molecular flexibility index (Phi) is 3.62. The summed E-state index contributed by atoms with van der Waals surface area (Å²) in [5.41, 5.74) is 5.32. The van der Waals surface area contributed by atoms with E-state index in [1.807, 2.05) is 0 Å². The number of hydrogen-bond acceptors (Lipinski definition) is 4. The summed E-state index contributed by atoms with van der Waals surface area (Å²) in [6.07, 6.45) is 0.469. The van der Waals surface area contributed by atoms with Crippen LogP contribution in [0.4, 0.5) is 14.9 Å². The Balaban J connectivity index is 2.09. The zero-order valence-electron chi connectivity index (χ0n) is 11.3. The van der Waals surface area contributed by atoms with E-state index < -0.39 is 35.6 Å². The van der Waals surface area contributed by atoms with E-state index in [4.69, 9.17) is 22.1 Å². The molecular formula is C14H12ClFN2O4. The molecule has 116 valence electrons. The first-order chi connectivity index (χ1) is 10.4. The minimum atomic E-state index is -1.29. The molecule has 3 amide bonds. The molecule has 0 aromatic heterocycles. The first-order valence-electron chi connectivity index (χ1n) is 6.69. The average molecular weight is 327 g/mol. The lowest BCUT2D eigenvalue weighted by Gasteiger charge is -2.14. The molecule has 0 bridgehead atoms. The molecule has 1 saturated heterocycles. The number of halogens is 2. The van der Waals surface area contributed by atoms with Crippen LogP contribution in [-0.2, 0) is 14.3 Å². The second-order valence-corrected chi connectivity index (χ2v) is 5.58. The second-order valence-electron chi connectivity index (χ2n) is 5.17. The van der Waals surface area contributed by atoms with Gasteiger partial charge in [0.2, 0.25) is 5.91 Å². The van der Waals surface area contributed by atoms with Gasteiger partial charge in [-0.3, -0.25) is 9.59 Å². The molecule has 2 N–H and O–H groups in total. The highest BCUT2D eigenvalue weighted by atomic mass is 35.5. The van der Waals surface area contributed by atoms with E-state index in [0.29, 0.717) is 24.3 Å². The van der Waals surface area contributed by atoms with Gasteiger partial charge < -0.3 is 10.5 Å². The number of fused-ring (bicyclic) bond motifs is 1. The van der Waals surface area contributed by atoms with E-state index in [1.165, 1.54) is 0 Å². The maximum Gasteiger partial charge on any atom is 0.326 e. The van der Waals surface area contributed by atoms with Crippen LogP contribution in [0, 0.1) is 5.82 Å². The molecule has 1 aromatic carbocycles. The number of primary amides is 1. The maximum absolute atomic E-state index is 13.7. The van der Waals surface area contributed by atoms with Crippen LogP contribution >= 0.6 is 11.6 Å². The summed E-state index contributed by atoms with van der Waals surface area (Å²) >= 11 is 5.69. The molecule has 0 spiro atoms. The number of nitrogens with two attached hydrogens (primary N) is 1. The maximum atomic E-state index is 13.7. The Morgan fingerprint density at radius 2 is 2.14 bits per heavy atom. The lowest BCUT2D eigenvalue weighted by molar-refractivity contribution is -0.134. The van der Waals surface area contributed by atoms with Gasteiger partial charge in [-0.15, -0.1) is 0 Å². The van der Waals surface area contributed by atoms with Gasteiger partial charge in [-0.05, 0) is 30.5 Å².